The van der Waals surface area contributed by atoms with E-state index in [0.717, 1.165) is 6.54 Å². The van der Waals surface area contributed by atoms with Crippen molar-refractivity contribution < 1.29 is 0 Å². The molecule has 2 heteroatoms. The molecule has 1 fully saturated rings. The van der Waals surface area contributed by atoms with Crippen molar-refractivity contribution in [3.63, 3.8) is 0 Å². The van der Waals surface area contributed by atoms with Gasteiger partial charge in [-0.05, 0) is 31.8 Å². The molecular formula is C10H12N2. The van der Waals surface area contributed by atoms with Crippen LogP contribution in [0.3, 0.4) is 0 Å². The maximum absolute atomic E-state index is 8.83. The van der Waals surface area contributed by atoms with E-state index in [1.165, 1.54) is 24.1 Å². The molecule has 0 unspecified atom stereocenters. The van der Waals surface area contributed by atoms with E-state index >= 15 is 0 Å². The Bertz CT molecular complexity index is 289. The van der Waals surface area contributed by atoms with E-state index in [4.69, 9.17) is 5.26 Å². The third kappa shape index (κ3) is 1.23. The van der Waals surface area contributed by atoms with E-state index in [1.54, 1.807) is 4.90 Å². The molecule has 0 saturated heterocycles. The third-order valence-corrected chi connectivity index (χ3v) is 2.40. The summed E-state index contributed by atoms with van der Waals surface area (Å²) in [5.74, 6) is 0.674. The largest absolute Gasteiger partial charge is 0.279 e. The highest BCUT2D eigenvalue weighted by Gasteiger charge is 2.30. The molecule has 0 aromatic heterocycles. The van der Waals surface area contributed by atoms with Gasteiger partial charge in [0.15, 0.2) is 6.19 Å². The smallest absolute Gasteiger partial charge is 0.184 e. The zero-order valence-corrected chi connectivity index (χ0v) is 7.25. The van der Waals surface area contributed by atoms with Crippen molar-refractivity contribution in [2.75, 3.05) is 6.54 Å². The maximum atomic E-state index is 8.83. The Balaban J connectivity index is 2.23. The Morgan fingerprint density at radius 2 is 2.33 bits per heavy atom. The quantitative estimate of drug-likeness (QED) is 0.549. The summed E-state index contributed by atoms with van der Waals surface area (Å²) in [4.78, 5) is 1.80. The summed E-state index contributed by atoms with van der Waals surface area (Å²) in [5.41, 5.74) is 2.53. The lowest BCUT2D eigenvalue weighted by atomic mass is 10.1. The molecule has 1 saturated carbocycles. The average molecular weight is 160 g/mol. The molecule has 2 nitrogen and oxygen atoms in total. The van der Waals surface area contributed by atoms with Crippen LogP contribution in [-0.4, -0.2) is 11.4 Å². The van der Waals surface area contributed by atoms with Gasteiger partial charge in [-0.2, -0.15) is 5.26 Å². The minimum Gasteiger partial charge on any atom is -0.279 e. The zero-order chi connectivity index (χ0) is 8.55. The fourth-order valence-electron chi connectivity index (χ4n) is 1.53. The first kappa shape index (κ1) is 7.42. The van der Waals surface area contributed by atoms with Crippen molar-refractivity contribution in [2.24, 2.45) is 5.92 Å². The van der Waals surface area contributed by atoms with Gasteiger partial charge in [0.2, 0.25) is 0 Å². The Labute approximate surface area is 72.8 Å². The molecule has 0 atom stereocenters. The van der Waals surface area contributed by atoms with Crippen LogP contribution in [0.2, 0.25) is 0 Å². The lowest BCUT2D eigenvalue weighted by Crippen LogP contribution is -2.21. The van der Waals surface area contributed by atoms with Crippen molar-refractivity contribution >= 4 is 0 Å². The van der Waals surface area contributed by atoms with Gasteiger partial charge >= 0.3 is 0 Å². The van der Waals surface area contributed by atoms with Gasteiger partial charge in [-0.25, -0.2) is 0 Å². The summed E-state index contributed by atoms with van der Waals surface area (Å²) in [6.45, 7) is 2.86. The molecule has 0 bridgehead atoms. The summed E-state index contributed by atoms with van der Waals surface area (Å²) in [5, 5.41) is 8.83. The molecular weight excluding hydrogens is 148 g/mol. The summed E-state index contributed by atoms with van der Waals surface area (Å²) < 4.78 is 0. The zero-order valence-electron chi connectivity index (χ0n) is 7.25. The van der Waals surface area contributed by atoms with E-state index in [1.807, 2.05) is 0 Å². The van der Waals surface area contributed by atoms with Gasteiger partial charge in [0.25, 0.3) is 0 Å². The lowest BCUT2D eigenvalue weighted by Gasteiger charge is -2.21. The summed E-state index contributed by atoms with van der Waals surface area (Å²) in [7, 11) is 0. The number of hydrogen-bond acceptors (Lipinski definition) is 2. The molecule has 0 N–H and O–H groups in total. The van der Waals surface area contributed by atoms with Crippen LogP contribution in [0.4, 0.5) is 0 Å². The van der Waals surface area contributed by atoms with Gasteiger partial charge in [-0.3, -0.25) is 4.90 Å². The van der Waals surface area contributed by atoms with Crippen LogP contribution < -0.4 is 0 Å². The van der Waals surface area contributed by atoms with Gasteiger partial charge in [0.05, 0.1) is 6.54 Å². The molecule has 62 valence electrons. The van der Waals surface area contributed by atoms with Gasteiger partial charge in [0.1, 0.15) is 0 Å². The fraction of sp³-hybridized carbons (Fsp3) is 0.500. The predicted molar refractivity (Wildman–Crippen MR) is 46.9 cm³/mol. The van der Waals surface area contributed by atoms with Crippen LogP contribution in [-0.2, 0) is 0 Å². The number of rotatable bonds is 1. The van der Waals surface area contributed by atoms with Crippen molar-refractivity contribution in [1.82, 2.24) is 4.90 Å². The Morgan fingerprint density at radius 3 is 2.92 bits per heavy atom. The second-order valence-corrected chi connectivity index (χ2v) is 3.50. The second kappa shape index (κ2) is 2.67. The fourth-order valence-corrected chi connectivity index (χ4v) is 1.53. The first-order valence-electron chi connectivity index (χ1n) is 4.37. The summed E-state index contributed by atoms with van der Waals surface area (Å²) >= 11 is 0. The predicted octanol–water partition coefficient (Wildman–Crippen LogP) is 2.02. The van der Waals surface area contributed by atoms with Crippen LogP contribution in [0.5, 0.6) is 0 Å². The number of allylic oxidation sites excluding steroid dienone is 3. The van der Waals surface area contributed by atoms with E-state index in [2.05, 4.69) is 25.3 Å². The number of nitriles is 1. The highest BCUT2D eigenvalue weighted by molar-refractivity contribution is 5.31. The molecule has 1 heterocycles. The van der Waals surface area contributed by atoms with Gasteiger partial charge in [-0.15, -0.1) is 0 Å². The van der Waals surface area contributed by atoms with Crippen molar-refractivity contribution in [3.05, 3.63) is 23.4 Å². The van der Waals surface area contributed by atoms with Crippen molar-refractivity contribution in [3.8, 4) is 6.19 Å². The Morgan fingerprint density at radius 1 is 1.58 bits per heavy atom. The van der Waals surface area contributed by atoms with Crippen LogP contribution >= 0.6 is 0 Å². The molecule has 12 heavy (non-hydrogen) atoms. The van der Waals surface area contributed by atoms with Crippen LogP contribution in [0, 0.1) is 17.4 Å². The van der Waals surface area contributed by atoms with E-state index in [-0.39, 0.29) is 0 Å². The molecule has 1 aliphatic heterocycles. The molecule has 1 aliphatic carbocycles. The number of nitrogens with zero attached hydrogens (tertiary/aromatic N) is 2. The minimum absolute atomic E-state index is 0.674. The third-order valence-electron chi connectivity index (χ3n) is 2.40. The monoisotopic (exact) mass is 160 g/mol. The molecule has 0 spiro atoms. The van der Waals surface area contributed by atoms with Crippen LogP contribution in [0.25, 0.3) is 0 Å². The first-order chi connectivity index (χ1) is 5.81. The van der Waals surface area contributed by atoms with Gasteiger partial charge in [0, 0.05) is 5.70 Å². The van der Waals surface area contributed by atoms with Crippen molar-refractivity contribution in [2.45, 2.75) is 19.8 Å². The van der Waals surface area contributed by atoms with E-state index in [0.29, 0.717) is 5.92 Å². The van der Waals surface area contributed by atoms with Gasteiger partial charge < -0.3 is 0 Å². The maximum Gasteiger partial charge on any atom is 0.184 e. The van der Waals surface area contributed by atoms with Crippen LogP contribution in [0.1, 0.15) is 19.8 Å². The molecule has 0 amide bonds. The van der Waals surface area contributed by atoms with E-state index < -0.39 is 0 Å². The standard InChI is InChI=1S/C10H12N2/c1-8-4-5-12(7-11)10(6-8)9-2-3-9/h4,6,9H,2-3,5H2,1H3. The molecule has 2 aliphatic rings. The molecule has 0 aromatic rings. The Kier molecular flexibility index (Phi) is 1.65. The Hall–Kier alpha value is -1.23. The van der Waals surface area contributed by atoms with Gasteiger partial charge in [-0.1, -0.05) is 11.6 Å². The summed E-state index contributed by atoms with van der Waals surface area (Å²) in [6.07, 6.45) is 8.97. The highest BCUT2D eigenvalue weighted by Crippen LogP contribution is 2.39. The highest BCUT2D eigenvalue weighted by atomic mass is 15.1. The minimum atomic E-state index is 0.674. The second-order valence-electron chi connectivity index (χ2n) is 3.50. The topological polar surface area (TPSA) is 27.0 Å². The van der Waals surface area contributed by atoms with E-state index in [9.17, 15) is 0 Å². The van der Waals surface area contributed by atoms with Crippen LogP contribution in [0.15, 0.2) is 23.4 Å². The lowest BCUT2D eigenvalue weighted by molar-refractivity contribution is 0.492. The molecule has 0 aromatic carbocycles. The normalized spacial score (nSPS) is 22.8. The summed E-state index contributed by atoms with van der Waals surface area (Å²) in [6, 6.07) is 0. The van der Waals surface area contributed by atoms with Crippen molar-refractivity contribution in [1.29, 1.82) is 5.26 Å². The molecule has 2 rings (SSSR count). The SMILES string of the molecule is CC1=CCN(C#N)C(C2CC2)=C1. The molecule has 0 radical (unpaired) electrons. The average Bonchev–Trinajstić information content (AvgIpc) is 2.87. The first-order valence-corrected chi connectivity index (χ1v) is 4.37. The number of hydrogen-bond donors (Lipinski definition) is 0.